The van der Waals surface area contributed by atoms with E-state index in [2.05, 4.69) is 20.9 Å². The second-order valence-electron chi connectivity index (χ2n) is 3.77. The SMILES string of the molecule is Nc1cc(S(=O)(=O)Nc2cc(F)c(Br)cc2F)ccn1. The van der Waals surface area contributed by atoms with Gasteiger partial charge in [0.2, 0.25) is 0 Å². The van der Waals surface area contributed by atoms with Crippen LogP contribution in [-0.2, 0) is 10.0 Å². The topological polar surface area (TPSA) is 85.1 Å². The smallest absolute Gasteiger partial charge is 0.262 e. The standard InChI is InChI=1S/C11H8BrF2N3O2S/c12-7-4-9(14)10(5-8(7)13)17-20(18,19)6-1-2-16-11(15)3-6/h1-5,17H,(H2,15,16). The van der Waals surface area contributed by atoms with Gasteiger partial charge in [-0.05, 0) is 28.1 Å². The lowest BCUT2D eigenvalue weighted by Crippen LogP contribution is -2.14. The first-order valence-corrected chi connectivity index (χ1v) is 7.46. The molecule has 0 aliphatic heterocycles. The van der Waals surface area contributed by atoms with Crippen LogP contribution in [0.5, 0.6) is 0 Å². The lowest BCUT2D eigenvalue weighted by Gasteiger charge is -2.10. The van der Waals surface area contributed by atoms with E-state index in [4.69, 9.17) is 5.73 Å². The van der Waals surface area contributed by atoms with Crippen molar-refractivity contribution in [1.82, 2.24) is 4.98 Å². The third-order valence-corrected chi connectivity index (χ3v) is 4.29. The molecule has 0 aliphatic carbocycles. The van der Waals surface area contributed by atoms with Crippen LogP contribution in [0.25, 0.3) is 0 Å². The molecule has 0 aliphatic rings. The third kappa shape index (κ3) is 3.05. The first-order valence-electron chi connectivity index (χ1n) is 5.18. The lowest BCUT2D eigenvalue weighted by molar-refractivity contribution is 0.591. The number of halogens is 3. The van der Waals surface area contributed by atoms with Gasteiger partial charge in [0.15, 0.2) is 0 Å². The summed E-state index contributed by atoms with van der Waals surface area (Å²) in [6.45, 7) is 0. The van der Waals surface area contributed by atoms with Crippen LogP contribution in [0.1, 0.15) is 0 Å². The molecule has 0 atom stereocenters. The van der Waals surface area contributed by atoms with Crippen LogP contribution in [0.3, 0.4) is 0 Å². The molecule has 0 saturated carbocycles. The number of nitrogens with one attached hydrogen (secondary N) is 1. The highest BCUT2D eigenvalue weighted by molar-refractivity contribution is 9.10. The van der Waals surface area contributed by atoms with E-state index in [0.717, 1.165) is 18.2 Å². The molecule has 0 spiro atoms. The van der Waals surface area contributed by atoms with E-state index in [9.17, 15) is 17.2 Å². The molecule has 5 nitrogen and oxygen atoms in total. The summed E-state index contributed by atoms with van der Waals surface area (Å²) < 4.78 is 52.8. The van der Waals surface area contributed by atoms with Gasteiger partial charge < -0.3 is 5.73 Å². The minimum atomic E-state index is -4.08. The van der Waals surface area contributed by atoms with Crippen molar-refractivity contribution < 1.29 is 17.2 Å². The van der Waals surface area contributed by atoms with Crippen LogP contribution in [0.15, 0.2) is 39.8 Å². The Balaban J connectivity index is 2.41. The quantitative estimate of drug-likeness (QED) is 0.820. The molecule has 2 aromatic rings. The molecule has 1 aromatic carbocycles. The van der Waals surface area contributed by atoms with Gasteiger partial charge in [0.25, 0.3) is 10.0 Å². The highest BCUT2D eigenvalue weighted by atomic mass is 79.9. The molecule has 0 bridgehead atoms. The first kappa shape index (κ1) is 14.7. The zero-order valence-corrected chi connectivity index (χ0v) is 12.2. The molecule has 106 valence electrons. The molecule has 0 unspecified atom stereocenters. The molecule has 3 N–H and O–H groups in total. The summed E-state index contributed by atoms with van der Waals surface area (Å²) >= 11 is 2.80. The average Bonchev–Trinajstić information content (AvgIpc) is 2.36. The number of nitrogen functional groups attached to an aromatic ring is 1. The van der Waals surface area contributed by atoms with Crippen molar-refractivity contribution in [2.45, 2.75) is 4.90 Å². The van der Waals surface area contributed by atoms with Crippen LogP contribution >= 0.6 is 15.9 Å². The summed E-state index contributed by atoms with van der Waals surface area (Å²) in [5.41, 5.74) is 4.88. The maximum atomic E-state index is 13.6. The highest BCUT2D eigenvalue weighted by Crippen LogP contribution is 2.25. The largest absolute Gasteiger partial charge is 0.384 e. The number of nitrogens with zero attached hydrogens (tertiary/aromatic N) is 1. The summed E-state index contributed by atoms with van der Waals surface area (Å²) in [4.78, 5) is 3.45. The Morgan fingerprint density at radius 3 is 2.55 bits per heavy atom. The van der Waals surface area contributed by atoms with Crippen molar-refractivity contribution in [2.24, 2.45) is 0 Å². The number of pyridine rings is 1. The predicted octanol–water partition coefficient (Wildman–Crippen LogP) is 2.51. The van der Waals surface area contributed by atoms with Gasteiger partial charge >= 0.3 is 0 Å². The summed E-state index contributed by atoms with van der Waals surface area (Å²) in [7, 11) is -4.08. The van der Waals surface area contributed by atoms with Gasteiger partial charge in [-0.2, -0.15) is 0 Å². The molecule has 0 amide bonds. The number of rotatable bonds is 3. The predicted molar refractivity (Wildman–Crippen MR) is 73.5 cm³/mol. The summed E-state index contributed by atoms with van der Waals surface area (Å²) in [6, 6.07) is 3.86. The van der Waals surface area contributed by atoms with E-state index in [0.29, 0.717) is 0 Å². The molecule has 0 radical (unpaired) electrons. The van der Waals surface area contributed by atoms with Crippen molar-refractivity contribution in [2.75, 3.05) is 10.5 Å². The van der Waals surface area contributed by atoms with Crippen LogP contribution in [-0.4, -0.2) is 13.4 Å². The molecule has 0 saturated heterocycles. The van der Waals surface area contributed by atoms with E-state index in [1.165, 1.54) is 12.3 Å². The van der Waals surface area contributed by atoms with Gasteiger partial charge in [0, 0.05) is 18.3 Å². The Kier molecular flexibility index (Phi) is 3.91. The highest BCUT2D eigenvalue weighted by Gasteiger charge is 2.18. The van der Waals surface area contributed by atoms with E-state index in [1.54, 1.807) is 0 Å². The Labute approximate surface area is 122 Å². The normalized spacial score (nSPS) is 11.3. The van der Waals surface area contributed by atoms with E-state index in [-0.39, 0.29) is 15.2 Å². The Morgan fingerprint density at radius 2 is 1.90 bits per heavy atom. The Hall–Kier alpha value is -1.74. The number of sulfonamides is 1. The fourth-order valence-electron chi connectivity index (χ4n) is 1.40. The average molecular weight is 364 g/mol. The first-order chi connectivity index (χ1) is 9.29. The second kappa shape index (κ2) is 5.33. The molecular formula is C11H8BrF2N3O2S. The fraction of sp³-hybridized carbons (Fsp3) is 0. The molecule has 2 rings (SSSR count). The summed E-state index contributed by atoms with van der Waals surface area (Å²) in [6.07, 6.45) is 1.20. The van der Waals surface area contributed by atoms with Gasteiger partial charge in [-0.1, -0.05) is 0 Å². The van der Waals surface area contributed by atoms with Gasteiger partial charge in [0.05, 0.1) is 15.1 Å². The van der Waals surface area contributed by atoms with E-state index >= 15 is 0 Å². The molecule has 20 heavy (non-hydrogen) atoms. The number of nitrogens with two attached hydrogens (primary N) is 1. The minimum absolute atomic E-state index is 0.00432. The fourth-order valence-corrected chi connectivity index (χ4v) is 2.79. The number of aromatic nitrogens is 1. The number of hydrogen-bond acceptors (Lipinski definition) is 4. The number of benzene rings is 1. The number of hydrogen-bond donors (Lipinski definition) is 2. The van der Waals surface area contributed by atoms with E-state index in [1.807, 2.05) is 4.72 Å². The van der Waals surface area contributed by atoms with Crippen LogP contribution < -0.4 is 10.5 Å². The lowest BCUT2D eigenvalue weighted by atomic mass is 10.3. The minimum Gasteiger partial charge on any atom is -0.384 e. The van der Waals surface area contributed by atoms with Crippen molar-refractivity contribution in [3.8, 4) is 0 Å². The summed E-state index contributed by atoms with van der Waals surface area (Å²) in [5, 5.41) is 0. The Morgan fingerprint density at radius 1 is 1.20 bits per heavy atom. The third-order valence-electron chi connectivity index (χ3n) is 2.32. The van der Waals surface area contributed by atoms with E-state index < -0.39 is 27.3 Å². The maximum Gasteiger partial charge on any atom is 0.262 e. The van der Waals surface area contributed by atoms with Gasteiger partial charge in [-0.25, -0.2) is 22.2 Å². The molecule has 1 aromatic heterocycles. The van der Waals surface area contributed by atoms with Gasteiger partial charge in [-0.3, -0.25) is 4.72 Å². The van der Waals surface area contributed by atoms with Crippen LogP contribution in [0.2, 0.25) is 0 Å². The van der Waals surface area contributed by atoms with Crippen molar-refractivity contribution in [3.63, 3.8) is 0 Å². The molecule has 1 heterocycles. The van der Waals surface area contributed by atoms with Crippen LogP contribution in [0, 0.1) is 11.6 Å². The summed E-state index contributed by atoms with van der Waals surface area (Å²) in [5.74, 6) is -1.71. The zero-order chi connectivity index (χ0) is 14.9. The number of anilines is 2. The van der Waals surface area contributed by atoms with Gasteiger partial charge in [0.1, 0.15) is 17.5 Å². The Bertz CT molecular complexity index is 768. The zero-order valence-electron chi connectivity index (χ0n) is 9.77. The van der Waals surface area contributed by atoms with Gasteiger partial charge in [-0.15, -0.1) is 0 Å². The van der Waals surface area contributed by atoms with Crippen LogP contribution in [0.4, 0.5) is 20.3 Å². The van der Waals surface area contributed by atoms with Crippen molar-refractivity contribution in [3.05, 3.63) is 46.6 Å². The molecule has 0 fully saturated rings. The molecule has 9 heteroatoms. The second-order valence-corrected chi connectivity index (χ2v) is 6.30. The molecular weight excluding hydrogens is 356 g/mol. The van der Waals surface area contributed by atoms with Crippen molar-refractivity contribution >= 4 is 37.5 Å². The maximum absolute atomic E-state index is 13.6. The monoisotopic (exact) mass is 363 g/mol. The van der Waals surface area contributed by atoms with Crippen molar-refractivity contribution in [1.29, 1.82) is 0 Å².